The molecule has 0 rings (SSSR count). The van der Waals surface area contributed by atoms with Crippen LogP contribution in [0, 0.1) is 0 Å². The molecule has 0 heterocycles. The maximum absolute atomic E-state index is 11.7. The Morgan fingerprint density at radius 2 is 1.94 bits per heavy atom. The van der Waals surface area contributed by atoms with E-state index in [0.29, 0.717) is 32.4 Å². The Hall–Kier alpha value is -1.10. The molecule has 1 unspecified atom stereocenters. The molecular formula is C12H23NO4. The SMILES string of the molecule is CCOC(=O)CCCNC(=O)C(C)(CC)OC. The van der Waals surface area contributed by atoms with Crippen molar-refractivity contribution in [1.82, 2.24) is 5.32 Å². The van der Waals surface area contributed by atoms with Gasteiger partial charge in [0.15, 0.2) is 0 Å². The fourth-order valence-corrected chi connectivity index (χ4v) is 1.25. The van der Waals surface area contributed by atoms with E-state index in [-0.39, 0.29) is 11.9 Å². The summed E-state index contributed by atoms with van der Waals surface area (Å²) in [6.07, 6.45) is 1.51. The molecule has 0 fully saturated rings. The number of esters is 1. The van der Waals surface area contributed by atoms with E-state index in [1.54, 1.807) is 13.8 Å². The number of ether oxygens (including phenoxy) is 2. The van der Waals surface area contributed by atoms with E-state index in [4.69, 9.17) is 9.47 Å². The van der Waals surface area contributed by atoms with Gasteiger partial charge in [-0.3, -0.25) is 9.59 Å². The van der Waals surface area contributed by atoms with Gasteiger partial charge < -0.3 is 14.8 Å². The van der Waals surface area contributed by atoms with Crippen molar-refractivity contribution in [3.8, 4) is 0 Å². The van der Waals surface area contributed by atoms with Crippen molar-refractivity contribution in [3.63, 3.8) is 0 Å². The van der Waals surface area contributed by atoms with Crippen LogP contribution in [0.1, 0.15) is 40.0 Å². The van der Waals surface area contributed by atoms with Gasteiger partial charge in [-0.2, -0.15) is 0 Å². The van der Waals surface area contributed by atoms with Gasteiger partial charge in [0.1, 0.15) is 5.60 Å². The Bertz CT molecular complexity index is 249. The van der Waals surface area contributed by atoms with Crippen molar-refractivity contribution in [2.75, 3.05) is 20.3 Å². The van der Waals surface area contributed by atoms with Gasteiger partial charge >= 0.3 is 5.97 Å². The van der Waals surface area contributed by atoms with Crippen molar-refractivity contribution in [2.45, 2.75) is 45.6 Å². The number of nitrogens with one attached hydrogen (secondary N) is 1. The first-order valence-corrected chi connectivity index (χ1v) is 5.99. The van der Waals surface area contributed by atoms with E-state index in [2.05, 4.69) is 5.32 Å². The van der Waals surface area contributed by atoms with Crippen molar-refractivity contribution in [1.29, 1.82) is 0 Å². The number of hydrogen-bond donors (Lipinski definition) is 1. The van der Waals surface area contributed by atoms with Gasteiger partial charge in [-0.05, 0) is 26.7 Å². The van der Waals surface area contributed by atoms with Gasteiger partial charge in [0.05, 0.1) is 6.61 Å². The molecule has 5 heteroatoms. The van der Waals surface area contributed by atoms with E-state index in [9.17, 15) is 9.59 Å². The zero-order valence-corrected chi connectivity index (χ0v) is 11.2. The average Bonchev–Trinajstić information content (AvgIpc) is 2.33. The Morgan fingerprint density at radius 1 is 1.29 bits per heavy atom. The molecule has 17 heavy (non-hydrogen) atoms. The van der Waals surface area contributed by atoms with E-state index < -0.39 is 5.60 Å². The van der Waals surface area contributed by atoms with Crippen molar-refractivity contribution < 1.29 is 19.1 Å². The van der Waals surface area contributed by atoms with Crippen LogP contribution >= 0.6 is 0 Å². The highest BCUT2D eigenvalue weighted by molar-refractivity contribution is 5.84. The van der Waals surface area contributed by atoms with Crippen LogP contribution in [-0.4, -0.2) is 37.7 Å². The molecule has 0 aromatic rings. The van der Waals surface area contributed by atoms with E-state index in [1.807, 2.05) is 6.92 Å². The van der Waals surface area contributed by atoms with Gasteiger partial charge in [0.25, 0.3) is 5.91 Å². The quantitative estimate of drug-likeness (QED) is 0.516. The van der Waals surface area contributed by atoms with Crippen LogP contribution in [0.3, 0.4) is 0 Å². The molecule has 0 aliphatic rings. The molecule has 1 amide bonds. The molecule has 0 aliphatic carbocycles. The predicted octanol–water partition coefficient (Wildman–Crippen LogP) is 1.26. The normalized spacial score (nSPS) is 13.9. The molecular weight excluding hydrogens is 222 g/mol. The summed E-state index contributed by atoms with van der Waals surface area (Å²) < 4.78 is 9.94. The molecule has 0 saturated carbocycles. The Labute approximate surface area is 103 Å². The molecule has 0 radical (unpaired) electrons. The molecule has 5 nitrogen and oxygen atoms in total. The van der Waals surface area contributed by atoms with Crippen molar-refractivity contribution in [2.24, 2.45) is 0 Å². The van der Waals surface area contributed by atoms with Crippen LogP contribution in [0.25, 0.3) is 0 Å². The topological polar surface area (TPSA) is 64.6 Å². The molecule has 0 bridgehead atoms. The minimum absolute atomic E-state index is 0.147. The first kappa shape index (κ1) is 15.9. The van der Waals surface area contributed by atoms with Gasteiger partial charge in [-0.15, -0.1) is 0 Å². The number of carbonyl (C=O) groups excluding carboxylic acids is 2. The third-order valence-corrected chi connectivity index (χ3v) is 2.75. The molecule has 0 aromatic heterocycles. The number of carbonyl (C=O) groups is 2. The molecule has 1 atom stereocenters. The highest BCUT2D eigenvalue weighted by Gasteiger charge is 2.30. The Balaban J connectivity index is 3.82. The summed E-state index contributed by atoms with van der Waals surface area (Å²) in [5.41, 5.74) is -0.788. The number of methoxy groups -OCH3 is 1. The molecule has 0 saturated heterocycles. The number of rotatable bonds is 8. The van der Waals surface area contributed by atoms with Gasteiger partial charge in [-0.25, -0.2) is 0 Å². The van der Waals surface area contributed by atoms with Gasteiger partial charge in [0.2, 0.25) is 0 Å². The van der Waals surface area contributed by atoms with Crippen LogP contribution < -0.4 is 5.32 Å². The lowest BCUT2D eigenvalue weighted by Crippen LogP contribution is -2.45. The van der Waals surface area contributed by atoms with E-state index in [1.165, 1.54) is 7.11 Å². The zero-order chi connectivity index (χ0) is 13.3. The predicted molar refractivity (Wildman–Crippen MR) is 64.6 cm³/mol. The second-order valence-corrected chi connectivity index (χ2v) is 3.95. The average molecular weight is 245 g/mol. The monoisotopic (exact) mass is 245 g/mol. The molecule has 1 N–H and O–H groups in total. The first-order chi connectivity index (χ1) is 8.00. The molecule has 0 aromatic carbocycles. The van der Waals surface area contributed by atoms with E-state index in [0.717, 1.165) is 0 Å². The number of hydrogen-bond acceptors (Lipinski definition) is 4. The molecule has 0 spiro atoms. The fourth-order valence-electron chi connectivity index (χ4n) is 1.25. The third kappa shape index (κ3) is 5.68. The Kier molecular flexibility index (Phi) is 7.54. The summed E-state index contributed by atoms with van der Waals surface area (Å²) in [5.74, 6) is -0.377. The maximum atomic E-state index is 11.7. The fraction of sp³-hybridized carbons (Fsp3) is 0.833. The lowest BCUT2D eigenvalue weighted by atomic mass is 10.0. The standard InChI is InChI=1S/C12H23NO4/c1-5-12(3,16-4)11(15)13-9-7-8-10(14)17-6-2/h5-9H2,1-4H3,(H,13,15). The smallest absolute Gasteiger partial charge is 0.305 e. The summed E-state index contributed by atoms with van der Waals surface area (Å²) in [7, 11) is 1.52. The largest absolute Gasteiger partial charge is 0.466 e. The second kappa shape index (κ2) is 8.06. The van der Waals surface area contributed by atoms with Crippen LogP contribution in [-0.2, 0) is 19.1 Å². The van der Waals surface area contributed by atoms with Crippen molar-refractivity contribution >= 4 is 11.9 Å². The van der Waals surface area contributed by atoms with Gasteiger partial charge in [0, 0.05) is 20.1 Å². The maximum Gasteiger partial charge on any atom is 0.305 e. The summed E-state index contributed by atoms with van der Waals surface area (Å²) >= 11 is 0. The summed E-state index contributed by atoms with van der Waals surface area (Å²) in [6.45, 7) is 6.25. The lowest BCUT2D eigenvalue weighted by molar-refractivity contribution is -0.144. The van der Waals surface area contributed by atoms with Crippen LogP contribution in [0.15, 0.2) is 0 Å². The van der Waals surface area contributed by atoms with Crippen LogP contribution in [0.5, 0.6) is 0 Å². The summed E-state index contributed by atoms with van der Waals surface area (Å²) in [4.78, 5) is 22.8. The van der Waals surface area contributed by atoms with Crippen LogP contribution in [0.2, 0.25) is 0 Å². The van der Waals surface area contributed by atoms with E-state index >= 15 is 0 Å². The minimum atomic E-state index is -0.788. The molecule has 0 aliphatic heterocycles. The third-order valence-electron chi connectivity index (χ3n) is 2.75. The summed E-state index contributed by atoms with van der Waals surface area (Å²) in [5, 5.41) is 2.75. The molecule has 100 valence electrons. The highest BCUT2D eigenvalue weighted by atomic mass is 16.5. The second-order valence-electron chi connectivity index (χ2n) is 3.95. The number of amides is 1. The minimum Gasteiger partial charge on any atom is -0.466 e. The van der Waals surface area contributed by atoms with Crippen molar-refractivity contribution in [3.05, 3.63) is 0 Å². The summed E-state index contributed by atoms with van der Waals surface area (Å²) in [6, 6.07) is 0. The van der Waals surface area contributed by atoms with Gasteiger partial charge in [-0.1, -0.05) is 6.92 Å². The van der Waals surface area contributed by atoms with Crippen LogP contribution in [0.4, 0.5) is 0 Å². The first-order valence-electron chi connectivity index (χ1n) is 5.99. The lowest BCUT2D eigenvalue weighted by Gasteiger charge is -2.25. The highest BCUT2D eigenvalue weighted by Crippen LogP contribution is 2.13. The zero-order valence-electron chi connectivity index (χ0n) is 11.2. The Morgan fingerprint density at radius 3 is 2.41 bits per heavy atom.